The third-order valence-electron chi connectivity index (χ3n) is 0.831. The van der Waals surface area contributed by atoms with Gasteiger partial charge in [-0.25, -0.2) is 0 Å². The van der Waals surface area contributed by atoms with Crippen molar-refractivity contribution in [1.82, 2.24) is 0 Å². The Morgan fingerprint density at radius 1 is 1.33 bits per heavy atom. The van der Waals surface area contributed by atoms with E-state index in [1.54, 1.807) is 6.07 Å². The van der Waals surface area contributed by atoms with E-state index in [1.807, 2.05) is 0 Å². The van der Waals surface area contributed by atoms with Gasteiger partial charge in [0.1, 0.15) is 5.02 Å². The van der Waals surface area contributed by atoms with Crippen molar-refractivity contribution >= 4 is 23.2 Å². The summed E-state index contributed by atoms with van der Waals surface area (Å²) in [6, 6.07) is 3.00. The van der Waals surface area contributed by atoms with E-state index in [-0.39, 0.29) is 5.15 Å². The number of hydrogen-bond acceptors (Lipinski definition) is 1. The van der Waals surface area contributed by atoms with E-state index < -0.39 is 0 Å². The van der Waals surface area contributed by atoms with E-state index >= 15 is 0 Å². The van der Waals surface area contributed by atoms with Crippen LogP contribution in [0.15, 0.2) is 18.3 Å². The number of halogens is 2. The molecule has 0 radical (unpaired) electrons. The molecule has 0 aliphatic rings. The first-order valence-electron chi connectivity index (χ1n) is 2.24. The quantitative estimate of drug-likeness (QED) is 0.325. The van der Waals surface area contributed by atoms with Gasteiger partial charge in [-0.2, -0.15) is 4.73 Å². The topological polar surface area (TPSA) is 26.9 Å². The zero-order valence-corrected chi connectivity index (χ0v) is 5.86. The van der Waals surface area contributed by atoms with Crippen LogP contribution in [0.1, 0.15) is 0 Å². The van der Waals surface area contributed by atoms with E-state index in [0.717, 1.165) is 0 Å². The van der Waals surface area contributed by atoms with Crippen LogP contribution in [0.3, 0.4) is 0 Å². The molecular weight excluding hydrogens is 161 g/mol. The summed E-state index contributed by atoms with van der Waals surface area (Å²) in [6.45, 7) is 0. The van der Waals surface area contributed by atoms with E-state index in [4.69, 9.17) is 23.2 Å². The van der Waals surface area contributed by atoms with Crippen LogP contribution in [0.5, 0.6) is 0 Å². The average molecular weight is 164 g/mol. The van der Waals surface area contributed by atoms with Gasteiger partial charge in [0, 0.05) is 6.07 Å². The van der Waals surface area contributed by atoms with Crippen molar-refractivity contribution < 1.29 is 4.73 Å². The highest BCUT2D eigenvalue weighted by atomic mass is 35.5. The lowest BCUT2D eigenvalue weighted by Gasteiger charge is -1.95. The molecule has 4 heteroatoms. The van der Waals surface area contributed by atoms with Crippen LogP contribution in [-0.2, 0) is 0 Å². The number of aromatic nitrogens is 1. The van der Waals surface area contributed by atoms with Gasteiger partial charge >= 0.3 is 0 Å². The zero-order chi connectivity index (χ0) is 6.85. The smallest absolute Gasteiger partial charge is 0.286 e. The molecule has 0 spiro atoms. The molecule has 0 saturated heterocycles. The van der Waals surface area contributed by atoms with Crippen LogP contribution >= 0.6 is 23.2 Å². The summed E-state index contributed by atoms with van der Waals surface area (Å²) in [5.41, 5.74) is 0. The first kappa shape index (κ1) is 6.65. The maximum atomic E-state index is 10.5. The van der Waals surface area contributed by atoms with Crippen molar-refractivity contribution in [1.29, 1.82) is 0 Å². The van der Waals surface area contributed by atoms with E-state index in [9.17, 15) is 5.21 Å². The number of hydrogen-bond donors (Lipinski definition) is 0. The minimum atomic E-state index is 0.124. The van der Waals surface area contributed by atoms with Crippen LogP contribution in [-0.4, -0.2) is 0 Å². The Hall–Kier alpha value is -0.470. The summed E-state index contributed by atoms with van der Waals surface area (Å²) in [5, 5.41) is 11.0. The monoisotopic (exact) mass is 163 g/mol. The SMILES string of the molecule is [O-][n+]1cc(Cl)ccc1Cl. The van der Waals surface area contributed by atoms with E-state index in [1.165, 1.54) is 12.3 Å². The maximum absolute atomic E-state index is 10.5. The molecule has 0 bridgehead atoms. The van der Waals surface area contributed by atoms with Gasteiger partial charge in [0.25, 0.3) is 5.15 Å². The van der Waals surface area contributed by atoms with Crippen LogP contribution in [0.25, 0.3) is 0 Å². The lowest BCUT2D eigenvalue weighted by molar-refractivity contribution is -0.602. The lowest BCUT2D eigenvalue weighted by Crippen LogP contribution is -2.26. The fraction of sp³-hybridized carbons (Fsp3) is 0. The highest BCUT2D eigenvalue weighted by molar-refractivity contribution is 6.31. The standard InChI is InChI=1S/C5H3Cl2NO/c6-4-1-2-5(7)8(9)3-4/h1-3H. The lowest BCUT2D eigenvalue weighted by atomic mass is 10.5. The van der Waals surface area contributed by atoms with Gasteiger partial charge in [-0.3, -0.25) is 0 Å². The Balaban J connectivity index is 3.17. The first-order chi connectivity index (χ1) is 4.20. The molecule has 0 atom stereocenters. The molecule has 1 rings (SSSR count). The molecule has 48 valence electrons. The van der Waals surface area contributed by atoms with Gasteiger partial charge < -0.3 is 5.21 Å². The predicted octanol–water partition coefficient (Wildman–Crippen LogP) is 1.63. The van der Waals surface area contributed by atoms with Crippen molar-refractivity contribution in [2.45, 2.75) is 0 Å². The number of rotatable bonds is 0. The fourth-order valence-electron chi connectivity index (χ4n) is 0.439. The van der Waals surface area contributed by atoms with E-state index in [2.05, 4.69) is 0 Å². The summed E-state index contributed by atoms with van der Waals surface area (Å²) in [6.07, 6.45) is 1.20. The van der Waals surface area contributed by atoms with Gasteiger partial charge in [0.05, 0.1) is 0 Å². The third kappa shape index (κ3) is 1.47. The van der Waals surface area contributed by atoms with Gasteiger partial charge in [0.15, 0.2) is 6.20 Å². The molecule has 0 aliphatic carbocycles. The summed E-state index contributed by atoms with van der Waals surface area (Å²) >= 11 is 10.8. The largest absolute Gasteiger partial charge is 0.618 e. The van der Waals surface area contributed by atoms with Crippen molar-refractivity contribution in [2.24, 2.45) is 0 Å². The van der Waals surface area contributed by atoms with Crippen molar-refractivity contribution in [3.8, 4) is 0 Å². The Kier molecular flexibility index (Phi) is 1.78. The highest BCUT2D eigenvalue weighted by Gasteiger charge is 1.98. The second-order valence-electron chi connectivity index (χ2n) is 1.50. The van der Waals surface area contributed by atoms with Gasteiger partial charge in [-0.05, 0) is 17.7 Å². The molecule has 0 saturated carbocycles. The summed E-state index contributed by atoms with van der Waals surface area (Å²) < 4.78 is 0.504. The molecule has 2 nitrogen and oxygen atoms in total. The summed E-state index contributed by atoms with van der Waals surface area (Å²) in [5.74, 6) is 0. The second kappa shape index (κ2) is 2.42. The molecule has 0 fully saturated rings. The Labute approximate surface area is 62.2 Å². The molecule has 9 heavy (non-hydrogen) atoms. The average Bonchev–Trinajstić information content (AvgIpc) is 1.80. The normalized spacial score (nSPS) is 9.56. The molecule has 0 aromatic carbocycles. The van der Waals surface area contributed by atoms with Crippen molar-refractivity contribution in [3.63, 3.8) is 0 Å². The van der Waals surface area contributed by atoms with Crippen LogP contribution < -0.4 is 4.73 Å². The first-order valence-corrected chi connectivity index (χ1v) is 3.00. The molecule has 0 unspecified atom stereocenters. The van der Waals surface area contributed by atoms with Crippen molar-refractivity contribution in [3.05, 3.63) is 33.7 Å². The van der Waals surface area contributed by atoms with Gasteiger partial charge in [-0.15, -0.1) is 0 Å². The predicted molar refractivity (Wildman–Crippen MR) is 35.4 cm³/mol. The highest BCUT2D eigenvalue weighted by Crippen LogP contribution is 2.07. The summed E-state index contributed by atoms with van der Waals surface area (Å²) in [7, 11) is 0. The molecule has 0 aliphatic heterocycles. The summed E-state index contributed by atoms with van der Waals surface area (Å²) in [4.78, 5) is 0. The number of nitrogens with zero attached hydrogens (tertiary/aromatic N) is 1. The maximum Gasteiger partial charge on any atom is 0.286 e. The van der Waals surface area contributed by atoms with Gasteiger partial charge in [-0.1, -0.05) is 11.6 Å². The minimum Gasteiger partial charge on any atom is -0.618 e. The van der Waals surface area contributed by atoms with Crippen LogP contribution in [0, 0.1) is 5.21 Å². The number of pyridine rings is 1. The third-order valence-corrected chi connectivity index (χ3v) is 1.35. The van der Waals surface area contributed by atoms with Gasteiger partial charge in [0.2, 0.25) is 0 Å². The molecule has 0 N–H and O–H groups in total. The minimum absolute atomic E-state index is 0.124. The zero-order valence-electron chi connectivity index (χ0n) is 4.34. The van der Waals surface area contributed by atoms with Crippen molar-refractivity contribution in [2.75, 3.05) is 0 Å². The van der Waals surface area contributed by atoms with E-state index in [0.29, 0.717) is 9.75 Å². The Morgan fingerprint density at radius 2 is 2.00 bits per heavy atom. The Bertz CT molecular complexity index is 226. The van der Waals surface area contributed by atoms with Crippen LogP contribution in [0.4, 0.5) is 0 Å². The molecule has 1 heterocycles. The molecule has 1 aromatic rings. The molecule has 0 amide bonds. The molecule has 1 aromatic heterocycles. The fourth-order valence-corrected chi connectivity index (χ4v) is 0.702. The Morgan fingerprint density at radius 3 is 2.44 bits per heavy atom. The second-order valence-corrected chi connectivity index (χ2v) is 2.32. The molecular formula is C5H3Cl2NO. The van der Waals surface area contributed by atoms with Crippen LogP contribution in [0.2, 0.25) is 10.2 Å².